The lowest BCUT2D eigenvalue weighted by Crippen LogP contribution is -2.26. The molecule has 0 spiro atoms. The summed E-state index contributed by atoms with van der Waals surface area (Å²) in [5, 5.41) is 4.11. The highest BCUT2D eigenvalue weighted by atomic mass is 16.5. The first kappa shape index (κ1) is 9.45. The van der Waals surface area contributed by atoms with Gasteiger partial charge >= 0.3 is 0 Å². The van der Waals surface area contributed by atoms with E-state index in [1.165, 1.54) is 6.42 Å². The molecule has 0 amide bonds. The van der Waals surface area contributed by atoms with Gasteiger partial charge in [0.2, 0.25) is 5.95 Å². The second-order valence-electron chi connectivity index (χ2n) is 3.80. The average molecular weight is 196 g/mol. The molecule has 5 nitrogen and oxygen atoms in total. The van der Waals surface area contributed by atoms with E-state index >= 15 is 0 Å². The van der Waals surface area contributed by atoms with Crippen molar-refractivity contribution < 1.29 is 4.74 Å². The maximum absolute atomic E-state index is 5.47. The van der Waals surface area contributed by atoms with E-state index in [2.05, 4.69) is 17.0 Å². The van der Waals surface area contributed by atoms with Crippen LogP contribution in [0.1, 0.15) is 25.8 Å². The van der Waals surface area contributed by atoms with E-state index in [0.717, 1.165) is 19.6 Å². The highest BCUT2D eigenvalue weighted by Crippen LogP contribution is 2.25. The van der Waals surface area contributed by atoms with Crippen molar-refractivity contribution in [1.29, 1.82) is 0 Å². The predicted octanol–water partition coefficient (Wildman–Crippen LogP) is 0.848. The van der Waals surface area contributed by atoms with Gasteiger partial charge in [-0.05, 0) is 19.8 Å². The van der Waals surface area contributed by atoms with Gasteiger partial charge in [0.05, 0.1) is 12.6 Å². The minimum Gasteiger partial charge on any atom is -0.381 e. The van der Waals surface area contributed by atoms with Crippen LogP contribution in [-0.4, -0.2) is 28.0 Å². The number of rotatable bonds is 2. The molecule has 2 rings (SSSR count). The summed E-state index contributed by atoms with van der Waals surface area (Å²) < 4.78 is 7.27. The number of ether oxygens (including phenoxy) is 1. The standard InChI is InChI=1S/C9H16N4O/c1-7(8-3-2-4-14-5-8)13-6-11-9(10)12-13/h6-8H,2-5H2,1H3,(H2,10,12). The van der Waals surface area contributed by atoms with E-state index in [-0.39, 0.29) is 0 Å². The van der Waals surface area contributed by atoms with Crippen molar-refractivity contribution in [2.45, 2.75) is 25.8 Å². The second kappa shape index (κ2) is 3.96. The maximum Gasteiger partial charge on any atom is 0.239 e. The lowest BCUT2D eigenvalue weighted by molar-refractivity contribution is 0.0342. The van der Waals surface area contributed by atoms with Crippen LogP contribution in [0.2, 0.25) is 0 Å². The number of nitrogens with zero attached hydrogens (tertiary/aromatic N) is 3. The van der Waals surface area contributed by atoms with Gasteiger partial charge in [0.1, 0.15) is 6.33 Å². The predicted molar refractivity (Wildman–Crippen MR) is 52.7 cm³/mol. The Labute approximate surface area is 83.3 Å². The maximum atomic E-state index is 5.47. The summed E-state index contributed by atoms with van der Waals surface area (Å²) in [7, 11) is 0. The Morgan fingerprint density at radius 2 is 2.57 bits per heavy atom. The molecule has 1 aliphatic heterocycles. The van der Waals surface area contributed by atoms with E-state index in [9.17, 15) is 0 Å². The van der Waals surface area contributed by atoms with Crippen LogP contribution in [0.15, 0.2) is 6.33 Å². The van der Waals surface area contributed by atoms with Gasteiger partial charge in [-0.15, -0.1) is 5.10 Å². The van der Waals surface area contributed by atoms with Crippen molar-refractivity contribution in [2.75, 3.05) is 18.9 Å². The van der Waals surface area contributed by atoms with Crippen LogP contribution in [-0.2, 0) is 4.74 Å². The second-order valence-corrected chi connectivity index (χ2v) is 3.80. The monoisotopic (exact) mass is 196 g/mol. The fraction of sp³-hybridized carbons (Fsp3) is 0.778. The minimum absolute atomic E-state index is 0.320. The third-order valence-corrected chi connectivity index (χ3v) is 2.82. The Morgan fingerprint density at radius 1 is 1.71 bits per heavy atom. The SMILES string of the molecule is CC(C1CCCOC1)n1cnc(N)n1. The van der Waals surface area contributed by atoms with E-state index in [0.29, 0.717) is 17.9 Å². The summed E-state index contributed by atoms with van der Waals surface area (Å²) in [6, 6.07) is 0.320. The van der Waals surface area contributed by atoms with Crippen molar-refractivity contribution >= 4 is 5.95 Å². The molecule has 2 unspecified atom stereocenters. The molecule has 2 N–H and O–H groups in total. The molecule has 1 aromatic heterocycles. The van der Waals surface area contributed by atoms with Crippen LogP contribution in [0, 0.1) is 5.92 Å². The number of aromatic nitrogens is 3. The zero-order valence-electron chi connectivity index (χ0n) is 8.39. The Morgan fingerprint density at radius 3 is 3.14 bits per heavy atom. The fourth-order valence-electron chi connectivity index (χ4n) is 1.85. The van der Waals surface area contributed by atoms with Gasteiger partial charge in [-0.3, -0.25) is 0 Å². The zero-order valence-corrected chi connectivity index (χ0v) is 8.39. The van der Waals surface area contributed by atoms with Crippen molar-refractivity contribution in [3.8, 4) is 0 Å². The summed E-state index contributed by atoms with van der Waals surface area (Å²) in [6.45, 7) is 3.84. The first-order chi connectivity index (χ1) is 6.77. The van der Waals surface area contributed by atoms with Gasteiger partial charge < -0.3 is 10.5 Å². The van der Waals surface area contributed by atoms with E-state index in [4.69, 9.17) is 10.5 Å². The van der Waals surface area contributed by atoms with Gasteiger partial charge in [0.15, 0.2) is 0 Å². The third kappa shape index (κ3) is 1.87. The van der Waals surface area contributed by atoms with Gasteiger partial charge in [-0.1, -0.05) is 0 Å². The van der Waals surface area contributed by atoms with Crippen LogP contribution < -0.4 is 5.73 Å². The molecule has 5 heteroatoms. The number of hydrogen-bond acceptors (Lipinski definition) is 4. The van der Waals surface area contributed by atoms with Crippen molar-refractivity contribution in [1.82, 2.24) is 14.8 Å². The molecule has 78 valence electrons. The highest BCUT2D eigenvalue weighted by molar-refractivity contribution is 5.09. The summed E-state index contributed by atoms with van der Waals surface area (Å²) in [5.74, 6) is 0.874. The van der Waals surface area contributed by atoms with Gasteiger partial charge in [0.25, 0.3) is 0 Å². The summed E-state index contributed by atoms with van der Waals surface area (Å²) in [5.41, 5.74) is 5.47. The van der Waals surface area contributed by atoms with Crippen molar-refractivity contribution in [2.24, 2.45) is 5.92 Å². The Kier molecular flexibility index (Phi) is 2.67. The quantitative estimate of drug-likeness (QED) is 0.761. The molecular formula is C9H16N4O. The van der Waals surface area contributed by atoms with E-state index < -0.39 is 0 Å². The lowest BCUT2D eigenvalue weighted by atomic mass is 9.95. The Bertz CT molecular complexity index is 293. The van der Waals surface area contributed by atoms with E-state index in [1.54, 1.807) is 6.33 Å². The number of nitrogens with two attached hydrogens (primary N) is 1. The largest absolute Gasteiger partial charge is 0.381 e. The van der Waals surface area contributed by atoms with Crippen LogP contribution in [0.4, 0.5) is 5.95 Å². The molecule has 14 heavy (non-hydrogen) atoms. The van der Waals surface area contributed by atoms with Gasteiger partial charge in [-0.2, -0.15) is 0 Å². The van der Waals surface area contributed by atoms with Crippen LogP contribution in [0.25, 0.3) is 0 Å². The first-order valence-electron chi connectivity index (χ1n) is 5.02. The van der Waals surface area contributed by atoms with E-state index in [1.807, 2.05) is 4.68 Å². The number of nitrogen functional groups attached to an aromatic ring is 1. The number of hydrogen-bond donors (Lipinski definition) is 1. The zero-order chi connectivity index (χ0) is 9.97. The van der Waals surface area contributed by atoms with Crippen molar-refractivity contribution in [3.05, 3.63) is 6.33 Å². The molecule has 1 saturated heterocycles. The van der Waals surface area contributed by atoms with Gasteiger partial charge in [0, 0.05) is 12.5 Å². The average Bonchev–Trinajstić information content (AvgIpc) is 2.65. The first-order valence-corrected chi connectivity index (χ1v) is 5.02. The summed E-state index contributed by atoms with van der Waals surface area (Å²) >= 11 is 0. The third-order valence-electron chi connectivity index (χ3n) is 2.82. The molecule has 1 aromatic rings. The molecule has 0 bridgehead atoms. The smallest absolute Gasteiger partial charge is 0.239 e. The molecule has 0 radical (unpaired) electrons. The summed E-state index contributed by atoms with van der Waals surface area (Å²) in [6.07, 6.45) is 4.02. The molecule has 2 atom stereocenters. The lowest BCUT2D eigenvalue weighted by Gasteiger charge is -2.27. The molecular weight excluding hydrogens is 180 g/mol. The normalized spacial score (nSPS) is 24.8. The van der Waals surface area contributed by atoms with Crippen LogP contribution >= 0.6 is 0 Å². The summed E-state index contributed by atoms with van der Waals surface area (Å²) in [4.78, 5) is 3.92. The molecule has 1 fully saturated rings. The number of anilines is 1. The molecule has 2 heterocycles. The highest BCUT2D eigenvalue weighted by Gasteiger charge is 2.22. The van der Waals surface area contributed by atoms with Gasteiger partial charge in [-0.25, -0.2) is 9.67 Å². The molecule has 0 aromatic carbocycles. The Hall–Kier alpha value is -1.10. The van der Waals surface area contributed by atoms with Crippen LogP contribution in [0.3, 0.4) is 0 Å². The molecule has 0 saturated carbocycles. The molecule has 1 aliphatic rings. The minimum atomic E-state index is 0.320. The van der Waals surface area contributed by atoms with Crippen LogP contribution in [0.5, 0.6) is 0 Å². The Balaban J connectivity index is 2.03. The fourth-order valence-corrected chi connectivity index (χ4v) is 1.85. The molecule has 0 aliphatic carbocycles. The topological polar surface area (TPSA) is 66.0 Å². The van der Waals surface area contributed by atoms with Crippen molar-refractivity contribution in [3.63, 3.8) is 0 Å².